The SMILES string of the molecule is Cc1ccc(NC2CCN(C3CC3)C2)c(C(N)=S)c1. The summed E-state index contributed by atoms with van der Waals surface area (Å²) in [5, 5.41) is 3.62. The van der Waals surface area contributed by atoms with Gasteiger partial charge < -0.3 is 11.1 Å². The first-order valence-corrected chi connectivity index (χ1v) is 7.45. The smallest absolute Gasteiger partial charge is 0.106 e. The van der Waals surface area contributed by atoms with Crippen molar-refractivity contribution in [2.75, 3.05) is 18.4 Å². The van der Waals surface area contributed by atoms with Gasteiger partial charge in [-0.25, -0.2) is 0 Å². The van der Waals surface area contributed by atoms with Crippen LogP contribution in [-0.4, -0.2) is 35.1 Å². The molecule has 0 spiro atoms. The molecule has 1 saturated carbocycles. The van der Waals surface area contributed by atoms with Gasteiger partial charge in [-0.15, -0.1) is 0 Å². The first-order valence-electron chi connectivity index (χ1n) is 7.04. The molecule has 0 amide bonds. The summed E-state index contributed by atoms with van der Waals surface area (Å²) >= 11 is 5.15. The van der Waals surface area contributed by atoms with Crippen molar-refractivity contribution in [2.45, 2.75) is 38.3 Å². The maximum Gasteiger partial charge on any atom is 0.106 e. The first kappa shape index (κ1) is 12.9. The van der Waals surface area contributed by atoms with Crippen molar-refractivity contribution in [1.29, 1.82) is 0 Å². The zero-order valence-corrected chi connectivity index (χ0v) is 12.2. The molecular formula is C15H21N3S. The van der Waals surface area contributed by atoms with Crippen molar-refractivity contribution >= 4 is 22.9 Å². The molecule has 3 nitrogen and oxygen atoms in total. The Bertz CT molecular complexity index is 496. The average Bonchev–Trinajstić information content (AvgIpc) is 3.12. The number of anilines is 1. The number of nitrogens with two attached hydrogens (primary N) is 1. The highest BCUT2D eigenvalue weighted by Crippen LogP contribution is 2.31. The Morgan fingerprint density at radius 2 is 2.16 bits per heavy atom. The lowest BCUT2D eigenvalue weighted by Crippen LogP contribution is -2.28. The Kier molecular flexibility index (Phi) is 3.46. The van der Waals surface area contributed by atoms with E-state index in [1.807, 2.05) is 0 Å². The predicted octanol–water partition coefficient (Wildman–Crippen LogP) is 2.28. The van der Waals surface area contributed by atoms with Crippen molar-refractivity contribution in [3.05, 3.63) is 29.3 Å². The number of aryl methyl sites for hydroxylation is 1. The zero-order chi connectivity index (χ0) is 13.4. The van der Waals surface area contributed by atoms with E-state index in [9.17, 15) is 0 Å². The molecule has 4 heteroatoms. The van der Waals surface area contributed by atoms with Crippen molar-refractivity contribution in [2.24, 2.45) is 5.73 Å². The van der Waals surface area contributed by atoms with Gasteiger partial charge in [-0.1, -0.05) is 23.8 Å². The van der Waals surface area contributed by atoms with Crippen LogP contribution in [0.3, 0.4) is 0 Å². The summed E-state index contributed by atoms with van der Waals surface area (Å²) in [6.45, 7) is 4.43. The van der Waals surface area contributed by atoms with Crippen LogP contribution >= 0.6 is 12.2 Å². The lowest BCUT2D eigenvalue weighted by molar-refractivity contribution is 0.326. The minimum atomic E-state index is 0.475. The van der Waals surface area contributed by atoms with Crippen LogP contribution in [0.4, 0.5) is 5.69 Å². The topological polar surface area (TPSA) is 41.3 Å². The van der Waals surface area contributed by atoms with Gasteiger partial charge in [0, 0.05) is 36.4 Å². The lowest BCUT2D eigenvalue weighted by Gasteiger charge is -2.19. The third-order valence-electron chi connectivity index (χ3n) is 4.08. The molecule has 1 atom stereocenters. The molecule has 2 aliphatic rings. The molecule has 1 aromatic carbocycles. The molecule has 1 unspecified atom stereocenters. The minimum absolute atomic E-state index is 0.475. The van der Waals surface area contributed by atoms with Crippen LogP contribution in [0, 0.1) is 6.92 Å². The van der Waals surface area contributed by atoms with Crippen LogP contribution in [0.5, 0.6) is 0 Å². The number of likely N-dealkylation sites (tertiary alicyclic amines) is 1. The summed E-state index contributed by atoms with van der Waals surface area (Å²) in [7, 11) is 0. The van der Waals surface area contributed by atoms with Crippen molar-refractivity contribution < 1.29 is 0 Å². The normalized spacial score (nSPS) is 23.5. The fourth-order valence-electron chi connectivity index (χ4n) is 2.88. The summed E-state index contributed by atoms with van der Waals surface area (Å²) in [5.41, 5.74) is 9.07. The standard InChI is InChI=1S/C15H21N3S/c1-10-2-5-14(13(8-10)15(16)19)17-11-6-7-18(9-11)12-3-4-12/h2,5,8,11-12,17H,3-4,6-7,9H2,1H3,(H2,16,19). The highest BCUT2D eigenvalue weighted by molar-refractivity contribution is 7.80. The second kappa shape index (κ2) is 5.10. The van der Waals surface area contributed by atoms with Crippen molar-refractivity contribution in [1.82, 2.24) is 4.90 Å². The molecule has 1 saturated heterocycles. The lowest BCUT2D eigenvalue weighted by atomic mass is 10.1. The number of hydrogen-bond acceptors (Lipinski definition) is 3. The zero-order valence-electron chi connectivity index (χ0n) is 11.4. The van der Waals surface area contributed by atoms with Gasteiger partial charge in [0.15, 0.2) is 0 Å². The van der Waals surface area contributed by atoms with E-state index in [-0.39, 0.29) is 0 Å². The van der Waals surface area contributed by atoms with E-state index in [0.717, 1.165) is 23.8 Å². The molecule has 1 aliphatic heterocycles. The molecule has 102 valence electrons. The van der Waals surface area contributed by atoms with Gasteiger partial charge in [-0.05, 0) is 38.3 Å². The monoisotopic (exact) mass is 275 g/mol. The summed E-state index contributed by atoms with van der Waals surface area (Å²) in [4.78, 5) is 3.08. The van der Waals surface area contributed by atoms with E-state index >= 15 is 0 Å². The maximum atomic E-state index is 5.82. The molecule has 0 aromatic heterocycles. The van der Waals surface area contributed by atoms with Gasteiger partial charge in [0.1, 0.15) is 4.99 Å². The predicted molar refractivity (Wildman–Crippen MR) is 83.7 cm³/mol. The van der Waals surface area contributed by atoms with Gasteiger partial charge in [-0.3, -0.25) is 4.90 Å². The summed E-state index contributed by atoms with van der Waals surface area (Å²) in [6, 6.07) is 7.66. The molecule has 1 aromatic rings. The Labute approximate surface area is 120 Å². The fourth-order valence-corrected chi connectivity index (χ4v) is 3.05. The second-order valence-corrected chi connectivity index (χ2v) is 6.21. The van der Waals surface area contributed by atoms with Crippen LogP contribution in [0.2, 0.25) is 0 Å². The number of hydrogen-bond donors (Lipinski definition) is 2. The molecule has 19 heavy (non-hydrogen) atoms. The largest absolute Gasteiger partial charge is 0.389 e. The van der Waals surface area contributed by atoms with Gasteiger partial charge >= 0.3 is 0 Å². The number of nitrogens with one attached hydrogen (secondary N) is 1. The van der Waals surface area contributed by atoms with Crippen LogP contribution < -0.4 is 11.1 Å². The summed E-state index contributed by atoms with van der Waals surface area (Å²) in [5.74, 6) is 0. The highest BCUT2D eigenvalue weighted by atomic mass is 32.1. The van der Waals surface area contributed by atoms with E-state index in [1.54, 1.807) is 0 Å². The van der Waals surface area contributed by atoms with Gasteiger partial charge in [0.2, 0.25) is 0 Å². The Morgan fingerprint density at radius 1 is 1.37 bits per heavy atom. The molecular weight excluding hydrogens is 254 g/mol. The number of rotatable bonds is 4. The van der Waals surface area contributed by atoms with E-state index in [0.29, 0.717) is 11.0 Å². The Morgan fingerprint density at radius 3 is 2.84 bits per heavy atom. The molecule has 3 rings (SSSR count). The molecule has 1 aliphatic carbocycles. The fraction of sp³-hybridized carbons (Fsp3) is 0.533. The molecule has 2 fully saturated rings. The van der Waals surface area contributed by atoms with E-state index < -0.39 is 0 Å². The van der Waals surface area contributed by atoms with Crippen LogP contribution in [0.1, 0.15) is 30.4 Å². The van der Waals surface area contributed by atoms with Gasteiger partial charge in [0.05, 0.1) is 0 Å². The van der Waals surface area contributed by atoms with Crippen molar-refractivity contribution in [3.63, 3.8) is 0 Å². The second-order valence-electron chi connectivity index (χ2n) is 5.77. The molecule has 3 N–H and O–H groups in total. The minimum Gasteiger partial charge on any atom is -0.389 e. The summed E-state index contributed by atoms with van der Waals surface area (Å²) < 4.78 is 0. The summed E-state index contributed by atoms with van der Waals surface area (Å²) in [6.07, 6.45) is 3.98. The molecule has 0 radical (unpaired) electrons. The van der Waals surface area contributed by atoms with Gasteiger partial charge in [-0.2, -0.15) is 0 Å². The number of thiocarbonyl (C=S) groups is 1. The molecule has 0 bridgehead atoms. The first-order chi connectivity index (χ1) is 9.13. The third kappa shape index (κ3) is 2.90. The van der Waals surface area contributed by atoms with Crippen LogP contribution in [0.15, 0.2) is 18.2 Å². The Hall–Kier alpha value is -1.13. The number of benzene rings is 1. The van der Waals surface area contributed by atoms with E-state index in [2.05, 4.69) is 35.3 Å². The maximum absolute atomic E-state index is 5.82. The third-order valence-corrected chi connectivity index (χ3v) is 4.30. The van der Waals surface area contributed by atoms with Crippen LogP contribution in [0.25, 0.3) is 0 Å². The van der Waals surface area contributed by atoms with Crippen molar-refractivity contribution in [3.8, 4) is 0 Å². The van der Waals surface area contributed by atoms with Gasteiger partial charge in [0.25, 0.3) is 0 Å². The number of nitrogens with zero attached hydrogens (tertiary/aromatic N) is 1. The van der Waals surface area contributed by atoms with Crippen LogP contribution in [-0.2, 0) is 0 Å². The van der Waals surface area contributed by atoms with E-state index in [4.69, 9.17) is 18.0 Å². The Balaban J connectivity index is 1.71. The highest BCUT2D eigenvalue weighted by Gasteiger charge is 2.34. The van der Waals surface area contributed by atoms with E-state index in [1.165, 1.54) is 31.4 Å². The quantitative estimate of drug-likeness (QED) is 0.827. The average molecular weight is 275 g/mol. The molecule has 1 heterocycles.